The van der Waals surface area contributed by atoms with E-state index in [4.69, 9.17) is 9.47 Å². The van der Waals surface area contributed by atoms with Crippen LogP contribution in [0.15, 0.2) is 36.7 Å². The Labute approximate surface area is 193 Å². The molecule has 1 atom stereocenters. The number of carbonyl (C=O) groups excluding carboxylic acids is 1. The molecule has 33 heavy (non-hydrogen) atoms. The molecule has 0 saturated carbocycles. The highest BCUT2D eigenvalue weighted by molar-refractivity contribution is 5.91. The first-order chi connectivity index (χ1) is 15.5. The third kappa shape index (κ3) is 5.11. The van der Waals surface area contributed by atoms with Gasteiger partial charge in [-0.15, -0.1) is 0 Å². The Morgan fingerprint density at radius 2 is 1.97 bits per heavy atom. The second kappa shape index (κ2) is 8.67. The van der Waals surface area contributed by atoms with Crippen LogP contribution in [0.4, 0.5) is 4.79 Å². The number of aromatic hydroxyl groups is 1. The Hall–Kier alpha value is -3.13. The number of nitrogens with zero attached hydrogens (tertiary/aromatic N) is 3. The molecule has 0 bridgehead atoms. The summed E-state index contributed by atoms with van der Waals surface area (Å²) in [4.78, 5) is 16.8. The standard InChI is InChI=1S/C25H32N4O4/c1-24(2,3)33-23(31)27-25(4,5)16-9-11-19(26-14-16)17-10-12-20-18(22(17)30)15-29(28-20)21-8-6-7-13-32-21/h9-12,14-15,21,30H,6-8,13H2,1-5H3,(H,27,31). The van der Waals surface area contributed by atoms with Gasteiger partial charge in [-0.2, -0.15) is 5.10 Å². The van der Waals surface area contributed by atoms with Gasteiger partial charge in [-0.25, -0.2) is 9.48 Å². The normalized spacial score (nSPS) is 17.2. The van der Waals surface area contributed by atoms with Crippen LogP contribution in [0.25, 0.3) is 22.2 Å². The van der Waals surface area contributed by atoms with E-state index in [1.165, 1.54) is 0 Å². The predicted octanol–water partition coefficient (Wildman–Crippen LogP) is 5.26. The second-order valence-corrected chi connectivity index (χ2v) is 10.0. The van der Waals surface area contributed by atoms with Gasteiger partial charge in [0.2, 0.25) is 0 Å². The topological polar surface area (TPSA) is 98.5 Å². The van der Waals surface area contributed by atoms with Crippen LogP contribution in [-0.4, -0.2) is 38.2 Å². The van der Waals surface area contributed by atoms with E-state index in [9.17, 15) is 9.90 Å². The van der Waals surface area contributed by atoms with Gasteiger partial charge in [0.05, 0.1) is 22.1 Å². The Morgan fingerprint density at radius 1 is 1.18 bits per heavy atom. The van der Waals surface area contributed by atoms with Crippen molar-refractivity contribution >= 4 is 17.0 Å². The van der Waals surface area contributed by atoms with Crippen molar-refractivity contribution in [3.05, 3.63) is 42.2 Å². The van der Waals surface area contributed by atoms with E-state index >= 15 is 0 Å². The quantitative estimate of drug-likeness (QED) is 0.560. The number of pyridine rings is 1. The van der Waals surface area contributed by atoms with Crippen LogP contribution in [0.5, 0.6) is 5.75 Å². The largest absolute Gasteiger partial charge is 0.506 e. The first-order valence-corrected chi connectivity index (χ1v) is 11.3. The maximum Gasteiger partial charge on any atom is 0.408 e. The van der Waals surface area contributed by atoms with Crippen LogP contribution in [0.1, 0.15) is 65.7 Å². The van der Waals surface area contributed by atoms with Gasteiger partial charge < -0.3 is 19.9 Å². The number of hydrogen-bond acceptors (Lipinski definition) is 6. The van der Waals surface area contributed by atoms with Crippen molar-refractivity contribution in [3.8, 4) is 17.0 Å². The lowest BCUT2D eigenvalue weighted by molar-refractivity contribution is -0.0390. The zero-order chi connectivity index (χ0) is 23.8. The summed E-state index contributed by atoms with van der Waals surface area (Å²) < 4.78 is 13.0. The SMILES string of the molecule is CC(C)(C)OC(=O)NC(C)(C)c1ccc(-c2ccc3nn(C4CCCCO4)cc3c2O)nc1. The molecule has 2 N–H and O–H groups in total. The molecule has 1 saturated heterocycles. The Bertz CT molecular complexity index is 1140. The molecule has 8 nitrogen and oxygen atoms in total. The van der Waals surface area contributed by atoms with Gasteiger partial charge in [0.25, 0.3) is 0 Å². The van der Waals surface area contributed by atoms with Crippen LogP contribution in [-0.2, 0) is 15.0 Å². The summed E-state index contributed by atoms with van der Waals surface area (Å²) in [6.45, 7) is 9.98. The van der Waals surface area contributed by atoms with Crippen molar-refractivity contribution in [2.75, 3.05) is 6.61 Å². The maximum atomic E-state index is 12.2. The zero-order valence-electron chi connectivity index (χ0n) is 19.9. The van der Waals surface area contributed by atoms with Crippen molar-refractivity contribution in [2.45, 2.75) is 71.2 Å². The molecule has 0 spiro atoms. The van der Waals surface area contributed by atoms with Crippen molar-refractivity contribution in [2.24, 2.45) is 0 Å². The minimum Gasteiger partial charge on any atom is -0.506 e. The van der Waals surface area contributed by atoms with E-state index in [1.807, 2.05) is 65.1 Å². The molecule has 0 aliphatic carbocycles. The Kier molecular flexibility index (Phi) is 6.05. The van der Waals surface area contributed by atoms with Crippen LogP contribution in [0.3, 0.4) is 0 Å². The highest BCUT2D eigenvalue weighted by Crippen LogP contribution is 2.36. The van der Waals surface area contributed by atoms with Gasteiger partial charge >= 0.3 is 6.09 Å². The third-order valence-electron chi connectivity index (χ3n) is 5.70. The molecule has 1 aliphatic rings. The molecule has 8 heteroatoms. The molecule has 1 fully saturated rings. The number of phenolic OH excluding ortho intramolecular Hbond substituents is 1. The van der Waals surface area contributed by atoms with Crippen molar-refractivity contribution in [1.82, 2.24) is 20.1 Å². The van der Waals surface area contributed by atoms with E-state index in [0.29, 0.717) is 22.2 Å². The minimum absolute atomic E-state index is 0.0916. The number of alkyl carbamates (subject to hydrolysis) is 1. The van der Waals surface area contributed by atoms with Crippen molar-refractivity contribution in [3.63, 3.8) is 0 Å². The number of amides is 1. The lowest BCUT2D eigenvalue weighted by atomic mass is 9.95. The molecule has 3 heterocycles. The fourth-order valence-corrected chi connectivity index (χ4v) is 3.94. The molecule has 1 unspecified atom stereocenters. The summed E-state index contributed by atoms with van der Waals surface area (Å²) in [5, 5.41) is 19.1. The van der Waals surface area contributed by atoms with Crippen LogP contribution in [0, 0.1) is 0 Å². The number of benzene rings is 1. The number of fused-ring (bicyclic) bond motifs is 1. The summed E-state index contributed by atoms with van der Waals surface area (Å²) in [6, 6.07) is 7.43. The van der Waals surface area contributed by atoms with Gasteiger partial charge in [0.15, 0.2) is 0 Å². The molecule has 4 rings (SSSR count). The molecule has 3 aromatic rings. The lowest BCUT2D eigenvalue weighted by Gasteiger charge is -2.29. The molecule has 2 aromatic heterocycles. The van der Waals surface area contributed by atoms with Gasteiger partial charge in [-0.05, 0) is 77.6 Å². The summed E-state index contributed by atoms with van der Waals surface area (Å²) >= 11 is 0. The van der Waals surface area contributed by atoms with Gasteiger partial charge in [0.1, 0.15) is 17.6 Å². The lowest BCUT2D eigenvalue weighted by Crippen LogP contribution is -2.43. The summed E-state index contributed by atoms with van der Waals surface area (Å²) in [5.41, 5.74) is 1.53. The first kappa shape index (κ1) is 23.0. The fourth-order valence-electron chi connectivity index (χ4n) is 3.94. The molecule has 1 aliphatic heterocycles. The average Bonchev–Trinajstić information content (AvgIpc) is 3.18. The number of phenols is 1. The number of aromatic nitrogens is 3. The number of carbonyl (C=O) groups is 1. The first-order valence-electron chi connectivity index (χ1n) is 11.3. The summed E-state index contributed by atoms with van der Waals surface area (Å²) in [6.07, 6.45) is 6.05. The molecule has 1 aromatic carbocycles. The molecule has 1 amide bonds. The van der Waals surface area contributed by atoms with Crippen molar-refractivity contribution < 1.29 is 19.4 Å². The van der Waals surface area contributed by atoms with E-state index in [1.54, 1.807) is 10.9 Å². The highest BCUT2D eigenvalue weighted by Gasteiger charge is 2.27. The number of rotatable bonds is 4. The van der Waals surface area contributed by atoms with Crippen molar-refractivity contribution in [1.29, 1.82) is 0 Å². The molecular weight excluding hydrogens is 420 g/mol. The van der Waals surface area contributed by atoms with Gasteiger partial charge in [-0.3, -0.25) is 4.98 Å². The Balaban J connectivity index is 1.56. The van der Waals surface area contributed by atoms with E-state index in [-0.39, 0.29) is 12.0 Å². The minimum atomic E-state index is -0.680. The summed E-state index contributed by atoms with van der Waals surface area (Å²) in [7, 11) is 0. The van der Waals surface area contributed by atoms with Crippen LogP contribution in [0.2, 0.25) is 0 Å². The number of nitrogens with one attached hydrogen (secondary N) is 1. The second-order valence-electron chi connectivity index (χ2n) is 10.0. The number of ether oxygens (including phenoxy) is 2. The monoisotopic (exact) mass is 452 g/mol. The van der Waals surface area contributed by atoms with E-state index in [2.05, 4.69) is 15.4 Å². The van der Waals surface area contributed by atoms with Crippen LogP contribution >= 0.6 is 0 Å². The average molecular weight is 453 g/mol. The Morgan fingerprint density at radius 3 is 2.61 bits per heavy atom. The van der Waals surface area contributed by atoms with E-state index in [0.717, 1.165) is 31.4 Å². The van der Waals surface area contributed by atoms with E-state index < -0.39 is 17.2 Å². The molecule has 176 valence electrons. The smallest absolute Gasteiger partial charge is 0.408 e. The predicted molar refractivity (Wildman–Crippen MR) is 126 cm³/mol. The maximum absolute atomic E-state index is 12.2. The van der Waals surface area contributed by atoms with Gasteiger partial charge in [0, 0.05) is 24.6 Å². The zero-order valence-corrected chi connectivity index (χ0v) is 19.9. The highest BCUT2D eigenvalue weighted by atomic mass is 16.6. The third-order valence-corrected chi connectivity index (χ3v) is 5.70. The van der Waals surface area contributed by atoms with Crippen LogP contribution < -0.4 is 5.32 Å². The number of hydrogen-bond donors (Lipinski definition) is 2. The molecular formula is C25H32N4O4. The fraction of sp³-hybridized carbons (Fsp3) is 0.480. The molecule has 0 radical (unpaired) electrons. The van der Waals surface area contributed by atoms with Gasteiger partial charge in [-0.1, -0.05) is 6.07 Å². The summed E-state index contributed by atoms with van der Waals surface area (Å²) in [5.74, 6) is 0.140.